The molecule has 0 rings (SSSR count). The SMILES string of the molecule is CCCSS.CF. The van der Waals surface area contributed by atoms with Gasteiger partial charge in [-0.05, 0) is 6.42 Å². The van der Waals surface area contributed by atoms with Gasteiger partial charge in [-0.1, -0.05) is 17.7 Å². The van der Waals surface area contributed by atoms with Crippen LogP contribution in [-0.4, -0.2) is 12.9 Å². The Hall–Kier alpha value is 0.630. The molecule has 0 radical (unpaired) electrons. The largest absolute Gasteiger partial charge is 0.255 e. The Morgan fingerprint density at radius 1 is 1.57 bits per heavy atom. The number of rotatable bonds is 2. The molecule has 0 aliphatic heterocycles. The smallest absolute Gasteiger partial charge is 0.0785 e. The Bertz CT molecular complexity index is 17.2. The highest BCUT2D eigenvalue weighted by Gasteiger charge is 1.69. The molecule has 0 fully saturated rings. The van der Waals surface area contributed by atoms with Crippen LogP contribution in [0.5, 0.6) is 0 Å². The molecule has 0 nitrogen and oxygen atoms in total. The molecular weight excluding hydrogens is 131 g/mol. The van der Waals surface area contributed by atoms with E-state index < -0.39 is 0 Å². The minimum absolute atomic E-state index is 0.500. The molecule has 0 aromatic carbocycles. The van der Waals surface area contributed by atoms with Gasteiger partial charge in [0.1, 0.15) is 0 Å². The van der Waals surface area contributed by atoms with Crippen molar-refractivity contribution < 1.29 is 4.39 Å². The maximum Gasteiger partial charge on any atom is 0.0785 e. The van der Waals surface area contributed by atoms with E-state index in [9.17, 15) is 4.39 Å². The third kappa shape index (κ3) is 20.5. The summed E-state index contributed by atoms with van der Waals surface area (Å²) in [7, 11) is 2.10. The van der Waals surface area contributed by atoms with Gasteiger partial charge >= 0.3 is 0 Å². The van der Waals surface area contributed by atoms with Crippen molar-refractivity contribution in [1.82, 2.24) is 0 Å². The van der Waals surface area contributed by atoms with Gasteiger partial charge in [0.15, 0.2) is 0 Å². The summed E-state index contributed by atoms with van der Waals surface area (Å²) >= 11 is 3.92. The van der Waals surface area contributed by atoms with Crippen LogP contribution >= 0.6 is 22.5 Å². The first-order valence-corrected chi connectivity index (χ1v) is 4.09. The molecule has 0 amide bonds. The van der Waals surface area contributed by atoms with Gasteiger partial charge in [0.2, 0.25) is 0 Å². The summed E-state index contributed by atoms with van der Waals surface area (Å²) in [5.41, 5.74) is 0. The highest BCUT2D eigenvalue weighted by molar-refractivity contribution is 8.68. The standard InChI is InChI=1S/C3H8S2.CH3F/c1-2-3-5-4;1-2/h4H,2-3H2,1H3;1H3. The highest BCUT2D eigenvalue weighted by atomic mass is 33.1. The van der Waals surface area contributed by atoms with Crippen molar-refractivity contribution in [1.29, 1.82) is 0 Å². The van der Waals surface area contributed by atoms with Crippen LogP contribution in [0.25, 0.3) is 0 Å². The molecular formula is C4H11FS2. The summed E-state index contributed by atoms with van der Waals surface area (Å²) < 4.78 is 9.50. The number of alkyl halides is 1. The van der Waals surface area contributed by atoms with Crippen LogP contribution in [0.1, 0.15) is 13.3 Å². The summed E-state index contributed by atoms with van der Waals surface area (Å²) in [6.07, 6.45) is 1.23. The average molecular weight is 142 g/mol. The number of halogens is 1. The first-order valence-electron chi connectivity index (χ1n) is 2.06. The van der Waals surface area contributed by atoms with Crippen LogP contribution in [0.2, 0.25) is 0 Å². The first kappa shape index (κ1) is 10.6. The van der Waals surface area contributed by atoms with Crippen LogP contribution in [0.3, 0.4) is 0 Å². The second kappa shape index (κ2) is 15.9. The molecule has 0 bridgehead atoms. The van der Waals surface area contributed by atoms with Gasteiger partial charge in [-0.25, -0.2) is 0 Å². The summed E-state index contributed by atoms with van der Waals surface area (Å²) in [5, 5.41) is 0. The molecule has 46 valence electrons. The fraction of sp³-hybridized carbons (Fsp3) is 1.00. The minimum Gasteiger partial charge on any atom is -0.255 e. The molecule has 0 spiro atoms. The second-order valence-electron chi connectivity index (χ2n) is 0.833. The first-order chi connectivity index (χ1) is 3.41. The summed E-state index contributed by atoms with van der Waals surface area (Å²) in [6.45, 7) is 2.14. The number of thiol groups is 1. The van der Waals surface area contributed by atoms with E-state index in [-0.39, 0.29) is 0 Å². The van der Waals surface area contributed by atoms with Gasteiger partial charge in [-0.3, -0.25) is 4.39 Å². The molecule has 0 N–H and O–H groups in total. The predicted molar refractivity (Wildman–Crippen MR) is 38.8 cm³/mol. The molecule has 0 saturated heterocycles. The van der Waals surface area contributed by atoms with Crippen LogP contribution in [0, 0.1) is 0 Å². The van der Waals surface area contributed by atoms with E-state index in [0.29, 0.717) is 7.18 Å². The van der Waals surface area contributed by atoms with E-state index in [1.807, 2.05) is 0 Å². The van der Waals surface area contributed by atoms with Gasteiger partial charge in [-0.15, -0.1) is 11.7 Å². The van der Waals surface area contributed by atoms with E-state index >= 15 is 0 Å². The summed E-state index contributed by atoms with van der Waals surface area (Å²) in [6, 6.07) is 0. The topological polar surface area (TPSA) is 0 Å². The molecule has 0 saturated carbocycles. The van der Waals surface area contributed by atoms with E-state index in [2.05, 4.69) is 18.6 Å². The molecule has 7 heavy (non-hydrogen) atoms. The van der Waals surface area contributed by atoms with E-state index in [0.717, 1.165) is 0 Å². The zero-order valence-corrected chi connectivity index (χ0v) is 6.36. The average Bonchev–Trinajstić information content (AvgIpc) is 1.75. The number of hydrogen-bond donors (Lipinski definition) is 1. The fourth-order valence-corrected chi connectivity index (χ4v) is 0.822. The van der Waals surface area contributed by atoms with Crippen molar-refractivity contribution in [2.45, 2.75) is 13.3 Å². The maximum absolute atomic E-state index is 9.50. The third-order valence-electron chi connectivity index (χ3n) is 0.295. The Morgan fingerprint density at radius 3 is 2.00 bits per heavy atom. The quantitative estimate of drug-likeness (QED) is 0.456. The van der Waals surface area contributed by atoms with Crippen molar-refractivity contribution in [2.75, 3.05) is 12.9 Å². The lowest BCUT2D eigenvalue weighted by atomic mass is 10.6. The van der Waals surface area contributed by atoms with Crippen LogP contribution < -0.4 is 0 Å². The van der Waals surface area contributed by atoms with Gasteiger partial charge < -0.3 is 0 Å². The van der Waals surface area contributed by atoms with Gasteiger partial charge in [-0.2, -0.15) is 0 Å². The zero-order valence-electron chi connectivity index (χ0n) is 4.65. The van der Waals surface area contributed by atoms with Crippen LogP contribution in [0.15, 0.2) is 0 Å². The molecule has 0 atom stereocenters. The molecule has 0 aliphatic carbocycles. The fourth-order valence-electron chi connectivity index (χ4n) is 0.0913. The van der Waals surface area contributed by atoms with Gasteiger partial charge in [0.05, 0.1) is 7.18 Å². The van der Waals surface area contributed by atoms with Crippen LogP contribution in [-0.2, 0) is 0 Å². The van der Waals surface area contributed by atoms with Crippen LogP contribution in [0.4, 0.5) is 4.39 Å². The lowest BCUT2D eigenvalue weighted by Gasteiger charge is -1.78. The van der Waals surface area contributed by atoms with Crippen molar-refractivity contribution in [3.63, 3.8) is 0 Å². The monoisotopic (exact) mass is 142 g/mol. The lowest BCUT2D eigenvalue weighted by Crippen LogP contribution is -1.60. The van der Waals surface area contributed by atoms with Crippen molar-refractivity contribution in [3.8, 4) is 0 Å². The Kier molecular flexibility index (Phi) is 24.1. The molecule has 0 aromatic heterocycles. The van der Waals surface area contributed by atoms with Gasteiger partial charge in [0.25, 0.3) is 0 Å². The number of hydrogen-bond acceptors (Lipinski definition) is 2. The molecule has 0 aliphatic rings. The second-order valence-corrected chi connectivity index (χ2v) is 2.27. The van der Waals surface area contributed by atoms with Crippen molar-refractivity contribution >= 4 is 22.5 Å². The normalized spacial score (nSPS) is 6.86. The zero-order chi connectivity index (χ0) is 6.12. The Balaban J connectivity index is 0. The Labute approximate surface area is 53.7 Å². The van der Waals surface area contributed by atoms with E-state index in [4.69, 9.17) is 0 Å². The molecule has 0 unspecified atom stereocenters. The highest BCUT2D eigenvalue weighted by Crippen LogP contribution is 2.04. The minimum atomic E-state index is 0.500. The predicted octanol–water partition coefficient (Wildman–Crippen LogP) is 2.56. The molecule has 3 heteroatoms. The summed E-state index contributed by atoms with van der Waals surface area (Å²) in [5.74, 6) is 1.17. The van der Waals surface area contributed by atoms with Crippen molar-refractivity contribution in [3.05, 3.63) is 0 Å². The van der Waals surface area contributed by atoms with E-state index in [1.165, 1.54) is 12.2 Å². The van der Waals surface area contributed by atoms with Crippen molar-refractivity contribution in [2.24, 2.45) is 0 Å². The molecule has 0 heterocycles. The summed E-state index contributed by atoms with van der Waals surface area (Å²) in [4.78, 5) is 0. The van der Waals surface area contributed by atoms with Gasteiger partial charge in [0, 0.05) is 5.75 Å². The Morgan fingerprint density at radius 2 is 2.00 bits per heavy atom. The molecule has 0 aromatic rings. The maximum atomic E-state index is 9.50. The van der Waals surface area contributed by atoms with E-state index in [1.54, 1.807) is 10.8 Å². The third-order valence-corrected chi connectivity index (χ3v) is 1.43. The lowest BCUT2D eigenvalue weighted by molar-refractivity contribution is 0.636.